The van der Waals surface area contributed by atoms with E-state index in [1.165, 1.54) is 25.4 Å². The van der Waals surface area contributed by atoms with Crippen LogP contribution >= 0.6 is 0 Å². The summed E-state index contributed by atoms with van der Waals surface area (Å²) in [6, 6.07) is 7.08. The molecule has 0 unspecified atom stereocenters. The van der Waals surface area contributed by atoms with E-state index in [4.69, 9.17) is 4.74 Å². The lowest BCUT2D eigenvalue weighted by molar-refractivity contribution is 0.382. The summed E-state index contributed by atoms with van der Waals surface area (Å²) in [5.41, 5.74) is 0.276. The van der Waals surface area contributed by atoms with Crippen LogP contribution in [0.4, 0.5) is 8.78 Å². The summed E-state index contributed by atoms with van der Waals surface area (Å²) in [7, 11) is -3.00. The van der Waals surface area contributed by atoms with Crippen LogP contribution in [0.2, 0.25) is 0 Å². The molecule has 5 aromatic rings. The Morgan fingerprint density at radius 1 is 1.14 bits per heavy atom. The topological polar surface area (TPSA) is 150 Å². The normalized spacial score (nSPS) is 11.5. The second-order valence-corrected chi connectivity index (χ2v) is 9.54. The number of sulfone groups is 1. The quantitative estimate of drug-likeness (QED) is 0.354. The molecule has 13 heteroatoms. The highest BCUT2D eigenvalue weighted by Gasteiger charge is 2.26. The zero-order chi connectivity index (χ0) is 25.4. The van der Waals surface area contributed by atoms with Gasteiger partial charge in [-0.2, -0.15) is 10.4 Å². The molecule has 5 rings (SSSR count). The van der Waals surface area contributed by atoms with Crippen LogP contribution in [-0.4, -0.2) is 45.7 Å². The molecule has 36 heavy (non-hydrogen) atoms. The highest BCUT2D eigenvalue weighted by molar-refractivity contribution is 7.90. The van der Waals surface area contributed by atoms with Gasteiger partial charge in [0.05, 0.1) is 30.3 Å². The van der Waals surface area contributed by atoms with Crippen LogP contribution in [0.3, 0.4) is 0 Å². The van der Waals surface area contributed by atoms with Crippen LogP contribution in [0, 0.1) is 23.0 Å². The van der Waals surface area contributed by atoms with Crippen molar-refractivity contribution in [2.75, 3.05) is 7.11 Å². The van der Waals surface area contributed by atoms with Crippen LogP contribution in [0.1, 0.15) is 11.1 Å². The Morgan fingerprint density at radius 2 is 1.97 bits per heavy atom. The first-order valence-electron chi connectivity index (χ1n) is 10.3. The number of nitrogens with zero attached hydrogens (tertiary/aromatic N) is 5. The molecule has 2 N–H and O–H groups in total. The Balaban J connectivity index is 1.60. The monoisotopic (exact) mass is 507 g/mol. The number of hydrogen-bond acceptors (Lipinski definition) is 8. The number of benzene rings is 1. The van der Waals surface area contributed by atoms with Gasteiger partial charge in [-0.3, -0.25) is 10.1 Å². The molecular formula is C23H15F2N7O3S. The van der Waals surface area contributed by atoms with Crippen LogP contribution in [0.15, 0.2) is 53.9 Å². The van der Waals surface area contributed by atoms with Gasteiger partial charge in [-0.15, -0.1) is 0 Å². The largest absolute Gasteiger partial charge is 0.480 e. The smallest absolute Gasteiger partial charge is 0.232 e. The number of ether oxygens (including phenoxy) is 1. The molecule has 0 saturated heterocycles. The molecule has 0 spiro atoms. The van der Waals surface area contributed by atoms with Gasteiger partial charge in [0.1, 0.15) is 28.0 Å². The summed E-state index contributed by atoms with van der Waals surface area (Å²) >= 11 is 0. The van der Waals surface area contributed by atoms with Crippen molar-refractivity contribution in [1.82, 2.24) is 30.1 Å². The van der Waals surface area contributed by atoms with Crippen molar-refractivity contribution in [3.63, 3.8) is 0 Å². The van der Waals surface area contributed by atoms with E-state index in [0.29, 0.717) is 16.9 Å². The molecule has 0 saturated carbocycles. The second-order valence-electron chi connectivity index (χ2n) is 7.59. The number of nitrogens with one attached hydrogen (secondary N) is 2. The van der Waals surface area contributed by atoms with Crippen molar-refractivity contribution < 1.29 is 21.9 Å². The van der Waals surface area contributed by atoms with Crippen molar-refractivity contribution in [1.29, 1.82) is 5.26 Å². The lowest BCUT2D eigenvalue weighted by atomic mass is 10.0. The number of halogens is 2. The minimum Gasteiger partial charge on any atom is -0.480 e. The van der Waals surface area contributed by atoms with Gasteiger partial charge in [0.25, 0.3) is 0 Å². The minimum atomic E-state index is -4.20. The van der Waals surface area contributed by atoms with Crippen LogP contribution in [0.5, 0.6) is 5.88 Å². The third kappa shape index (κ3) is 3.83. The summed E-state index contributed by atoms with van der Waals surface area (Å²) in [6.45, 7) is 0. The number of nitriles is 1. The molecule has 0 amide bonds. The molecule has 0 bridgehead atoms. The third-order valence-electron chi connectivity index (χ3n) is 5.46. The molecule has 180 valence electrons. The average molecular weight is 507 g/mol. The SMILES string of the molecule is COc1ncc(F)cc1S(=O)(=O)Cc1ccnc(-c2ccc3c(-c4ncc[nH]4)[nH]nc3c2F)c1C#N. The highest BCUT2D eigenvalue weighted by Crippen LogP contribution is 2.34. The number of aromatic nitrogens is 6. The average Bonchev–Trinajstić information content (AvgIpc) is 3.54. The summed E-state index contributed by atoms with van der Waals surface area (Å²) in [4.78, 5) is 14.4. The lowest BCUT2D eigenvalue weighted by Crippen LogP contribution is -2.10. The Bertz CT molecular complexity index is 1760. The van der Waals surface area contributed by atoms with E-state index in [0.717, 1.165) is 12.3 Å². The molecule has 0 aliphatic heterocycles. The van der Waals surface area contributed by atoms with Crippen molar-refractivity contribution in [3.05, 3.63) is 71.8 Å². The standard InChI is InChI=1S/C23H15F2N7O3S/c1-35-23-17(8-13(24)10-30-23)36(33,34)11-12-4-5-27-19(16(12)9-26)14-2-3-15-20(18(14)25)31-32-21(15)22-28-6-7-29-22/h2-8,10H,11H2,1H3,(H,28,29)(H,31,32). The number of H-pyrrole nitrogens is 2. The molecular weight excluding hydrogens is 492 g/mol. The Morgan fingerprint density at radius 3 is 2.69 bits per heavy atom. The fraction of sp³-hybridized carbons (Fsp3) is 0.0870. The number of aromatic amines is 2. The summed E-state index contributed by atoms with van der Waals surface area (Å²) in [6.07, 6.45) is 5.26. The fourth-order valence-electron chi connectivity index (χ4n) is 3.83. The summed E-state index contributed by atoms with van der Waals surface area (Å²) in [5.74, 6) is -2.13. The Labute approximate surface area is 202 Å². The van der Waals surface area contributed by atoms with Gasteiger partial charge in [-0.1, -0.05) is 0 Å². The van der Waals surface area contributed by atoms with Crippen molar-refractivity contribution in [2.24, 2.45) is 0 Å². The summed E-state index contributed by atoms with van der Waals surface area (Å²) < 4.78 is 60.4. The van der Waals surface area contributed by atoms with Gasteiger partial charge in [-0.05, 0) is 29.8 Å². The molecule has 4 heterocycles. The van der Waals surface area contributed by atoms with Crippen LogP contribution < -0.4 is 4.74 Å². The van der Waals surface area contributed by atoms with E-state index in [-0.39, 0.29) is 33.8 Å². The number of fused-ring (bicyclic) bond motifs is 1. The zero-order valence-electron chi connectivity index (χ0n) is 18.5. The maximum absolute atomic E-state index is 15.6. The number of rotatable bonds is 6. The maximum atomic E-state index is 15.6. The Hall–Kier alpha value is -4.70. The Kier molecular flexibility index (Phi) is 5.65. The fourth-order valence-corrected chi connectivity index (χ4v) is 5.33. The predicted octanol–water partition coefficient (Wildman–Crippen LogP) is 3.54. The van der Waals surface area contributed by atoms with Crippen LogP contribution in [0.25, 0.3) is 33.7 Å². The predicted molar refractivity (Wildman–Crippen MR) is 123 cm³/mol. The molecule has 0 fully saturated rings. The van der Waals surface area contributed by atoms with E-state index >= 15 is 4.39 Å². The van der Waals surface area contributed by atoms with E-state index < -0.39 is 32.1 Å². The zero-order valence-corrected chi connectivity index (χ0v) is 19.3. The highest BCUT2D eigenvalue weighted by atomic mass is 32.2. The van der Waals surface area contributed by atoms with Crippen LogP contribution in [-0.2, 0) is 15.6 Å². The molecule has 10 nitrogen and oxygen atoms in total. The lowest BCUT2D eigenvalue weighted by Gasteiger charge is -2.12. The van der Waals surface area contributed by atoms with Gasteiger partial charge in [0, 0.05) is 29.5 Å². The summed E-state index contributed by atoms with van der Waals surface area (Å²) in [5, 5.41) is 17.1. The van der Waals surface area contributed by atoms with Gasteiger partial charge >= 0.3 is 0 Å². The van der Waals surface area contributed by atoms with Crippen molar-refractivity contribution >= 4 is 20.7 Å². The number of hydrogen-bond donors (Lipinski definition) is 2. The number of imidazole rings is 1. The third-order valence-corrected chi connectivity index (χ3v) is 7.12. The van der Waals surface area contributed by atoms with Gasteiger partial charge in [0.15, 0.2) is 21.5 Å². The van der Waals surface area contributed by atoms with Crippen molar-refractivity contribution in [3.8, 4) is 34.7 Å². The first kappa shape index (κ1) is 23.1. The van der Waals surface area contributed by atoms with E-state index in [1.807, 2.05) is 6.07 Å². The van der Waals surface area contributed by atoms with E-state index in [1.54, 1.807) is 18.5 Å². The number of methoxy groups -OCH3 is 1. The van der Waals surface area contributed by atoms with Crippen molar-refractivity contribution in [2.45, 2.75) is 10.6 Å². The molecule has 0 aliphatic carbocycles. The van der Waals surface area contributed by atoms with E-state index in [2.05, 4.69) is 30.1 Å². The minimum absolute atomic E-state index is 0.00168. The maximum Gasteiger partial charge on any atom is 0.232 e. The van der Waals surface area contributed by atoms with Gasteiger partial charge < -0.3 is 9.72 Å². The first-order chi connectivity index (χ1) is 17.3. The molecule has 1 aromatic carbocycles. The molecule has 4 aromatic heterocycles. The molecule has 0 radical (unpaired) electrons. The molecule has 0 aliphatic rings. The van der Waals surface area contributed by atoms with Gasteiger partial charge in [-0.25, -0.2) is 27.2 Å². The first-order valence-corrected chi connectivity index (χ1v) is 12.0. The molecule has 0 atom stereocenters. The van der Waals surface area contributed by atoms with Gasteiger partial charge in [0.2, 0.25) is 5.88 Å². The number of pyridine rings is 2. The second kappa shape index (κ2) is 8.82. The van der Waals surface area contributed by atoms with E-state index in [9.17, 15) is 18.1 Å².